The molecule has 0 radical (unpaired) electrons. The molecule has 1 aromatic rings. The van der Waals surface area contributed by atoms with E-state index >= 15 is 0 Å². The fraction of sp³-hybridized carbons (Fsp3) is 0.556. The van der Waals surface area contributed by atoms with Gasteiger partial charge in [0.15, 0.2) is 9.84 Å². The summed E-state index contributed by atoms with van der Waals surface area (Å²) in [6.07, 6.45) is 2.43. The summed E-state index contributed by atoms with van der Waals surface area (Å²) in [7, 11) is -2.95. The molecule has 2 rings (SSSR count). The first kappa shape index (κ1) is 10.5. The molecule has 0 aromatic carbocycles. The van der Waals surface area contributed by atoms with Crippen LogP contribution in [0.1, 0.15) is 17.1 Å². The third-order valence-electron chi connectivity index (χ3n) is 2.36. The van der Waals surface area contributed by atoms with Gasteiger partial charge >= 0.3 is 0 Å². The van der Waals surface area contributed by atoms with Gasteiger partial charge in [-0.3, -0.25) is 0 Å². The van der Waals surface area contributed by atoms with Crippen molar-refractivity contribution in [2.24, 2.45) is 0 Å². The minimum atomic E-state index is -2.95. The van der Waals surface area contributed by atoms with Gasteiger partial charge in [0.05, 0.1) is 18.1 Å². The summed E-state index contributed by atoms with van der Waals surface area (Å²) in [6, 6.07) is 0. The van der Waals surface area contributed by atoms with Crippen molar-refractivity contribution in [3.63, 3.8) is 0 Å². The van der Waals surface area contributed by atoms with E-state index in [9.17, 15) is 8.42 Å². The Labute approximate surface area is 88.1 Å². The highest BCUT2D eigenvalue weighted by molar-refractivity contribution is 7.90. The van der Waals surface area contributed by atoms with Crippen molar-refractivity contribution in [1.29, 1.82) is 0 Å². The fourth-order valence-corrected chi connectivity index (χ4v) is 2.97. The number of fused-ring (bicyclic) bond motifs is 1. The maximum absolute atomic E-state index is 11.3. The summed E-state index contributed by atoms with van der Waals surface area (Å²) in [5, 5.41) is 8.73. The Bertz CT molecular complexity index is 470. The van der Waals surface area contributed by atoms with Gasteiger partial charge in [0.1, 0.15) is 5.82 Å². The van der Waals surface area contributed by atoms with E-state index in [2.05, 4.69) is 9.97 Å². The third kappa shape index (κ3) is 2.32. The average Bonchev–Trinajstić information content (AvgIpc) is 2.18. The van der Waals surface area contributed by atoms with Gasteiger partial charge in [-0.2, -0.15) is 0 Å². The Morgan fingerprint density at radius 2 is 2.27 bits per heavy atom. The predicted octanol–water partition coefficient (Wildman–Crippen LogP) is -0.518. The Morgan fingerprint density at radius 1 is 1.47 bits per heavy atom. The Hall–Kier alpha value is -1.01. The first-order valence-electron chi connectivity index (χ1n) is 4.76. The molecule has 15 heavy (non-hydrogen) atoms. The van der Waals surface area contributed by atoms with E-state index in [1.165, 1.54) is 0 Å². The largest absolute Gasteiger partial charge is 0.396 e. The van der Waals surface area contributed by atoms with Crippen LogP contribution in [0.4, 0.5) is 0 Å². The average molecular weight is 228 g/mol. The van der Waals surface area contributed by atoms with Crippen LogP contribution in [0.15, 0.2) is 6.20 Å². The van der Waals surface area contributed by atoms with E-state index in [0.29, 0.717) is 24.2 Å². The number of aliphatic hydroxyl groups excluding tert-OH is 1. The molecule has 0 amide bonds. The van der Waals surface area contributed by atoms with Gasteiger partial charge in [-0.25, -0.2) is 18.4 Å². The number of aromatic nitrogens is 2. The molecule has 82 valence electrons. The first-order valence-corrected chi connectivity index (χ1v) is 6.58. The summed E-state index contributed by atoms with van der Waals surface area (Å²) in [5.41, 5.74) is 1.51. The molecule has 6 heteroatoms. The number of sulfone groups is 1. The molecule has 0 atom stereocenters. The molecule has 1 aromatic heterocycles. The molecular formula is C9H12N2O3S. The van der Waals surface area contributed by atoms with Crippen molar-refractivity contribution in [2.45, 2.75) is 18.6 Å². The zero-order valence-corrected chi connectivity index (χ0v) is 9.00. The normalized spacial score (nSPS) is 18.5. The second-order valence-electron chi connectivity index (χ2n) is 3.57. The maximum Gasteiger partial charge on any atom is 0.154 e. The van der Waals surface area contributed by atoms with Crippen molar-refractivity contribution in [3.8, 4) is 0 Å². The summed E-state index contributed by atoms with van der Waals surface area (Å²) in [5.74, 6) is 0.785. The van der Waals surface area contributed by atoms with Gasteiger partial charge in [0.25, 0.3) is 0 Å². The molecule has 0 saturated carbocycles. The second kappa shape index (κ2) is 3.86. The van der Waals surface area contributed by atoms with E-state index in [-0.39, 0.29) is 18.1 Å². The van der Waals surface area contributed by atoms with Crippen molar-refractivity contribution < 1.29 is 13.5 Å². The summed E-state index contributed by atoms with van der Waals surface area (Å²) < 4.78 is 22.7. The molecule has 0 unspecified atom stereocenters. The van der Waals surface area contributed by atoms with Gasteiger partial charge < -0.3 is 5.11 Å². The highest BCUT2D eigenvalue weighted by Crippen LogP contribution is 2.17. The topological polar surface area (TPSA) is 80.2 Å². The lowest BCUT2D eigenvalue weighted by Gasteiger charge is -2.15. The highest BCUT2D eigenvalue weighted by Gasteiger charge is 2.22. The fourth-order valence-electron chi connectivity index (χ4n) is 1.60. The molecule has 0 aliphatic carbocycles. The number of rotatable bonds is 2. The van der Waals surface area contributed by atoms with Crippen molar-refractivity contribution in [2.75, 3.05) is 12.4 Å². The zero-order valence-electron chi connectivity index (χ0n) is 8.18. The number of aryl methyl sites for hydroxylation is 1. The molecule has 1 aliphatic rings. The zero-order chi connectivity index (χ0) is 10.9. The Morgan fingerprint density at radius 3 is 3.00 bits per heavy atom. The molecule has 1 aliphatic heterocycles. The minimum absolute atomic E-state index is 0.0110. The lowest BCUT2D eigenvalue weighted by molar-refractivity contribution is 0.296. The van der Waals surface area contributed by atoms with Crippen molar-refractivity contribution in [3.05, 3.63) is 23.3 Å². The number of hydrogen-bond acceptors (Lipinski definition) is 5. The lowest BCUT2D eigenvalue weighted by atomic mass is 10.2. The van der Waals surface area contributed by atoms with E-state index in [0.717, 1.165) is 5.69 Å². The quantitative estimate of drug-likeness (QED) is 0.737. The predicted molar refractivity (Wildman–Crippen MR) is 54.0 cm³/mol. The van der Waals surface area contributed by atoms with E-state index in [1.807, 2.05) is 0 Å². The van der Waals surface area contributed by atoms with Gasteiger partial charge in [0, 0.05) is 30.3 Å². The van der Waals surface area contributed by atoms with Gasteiger partial charge in [-0.05, 0) is 0 Å². The van der Waals surface area contributed by atoms with Crippen LogP contribution in [0.25, 0.3) is 0 Å². The number of aliphatic hydroxyl groups is 1. The van der Waals surface area contributed by atoms with Crippen LogP contribution in [0.3, 0.4) is 0 Å². The molecule has 5 nitrogen and oxygen atoms in total. The summed E-state index contributed by atoms with van der Waals surface area (Å²) in [6.45, 7) is 0.0110. The highest BCUT2D eigenvalue weighted by atomic mass is 32.2. The van der Waals surface area contributed by atoms with Crippen molar-refractivity contribution >= 4 is 9.84 Å². The molecule has 0 bridgehead atoms. The van der Waals surface area contributed by atoms with Crippen LogP contribution < -0.4 is 0 Å². The van der Waals surface area contributed by atoms with Crippen LogP contribution in [0, 0.1) is 0 Å². The van der Waals surface area contributed by atoms with Crippen LogP contribution >= 0.6 is 0 Å². The number of hydrogen-bond donors (Lipinski definition) is 1. The molecule has 2 heterocycles. The Kier molecular flexibility index (Phi) is 2.70. The summed E-state index contributed by atoms with van der Waals surface area (Å²) in [4.78, 5) is 8.24. The second-order valence-corrected chi connectivity index (χ2v) is 5.76. The Balaban J connectivity index is 2.32. The van der Waals surface area contributed by atoms with E-state index in [4.69, 9.17) is 5.11 Å². The first-order chi connectivity index (χ1) is 7.11. The van der Waals surface area contributed by atoms with Gasteiger partial charge in [0.2, 0.25) is 0 Å². The minimum Gasteiger partial charge on any atom is -0.396 e. The maximum atomic E-state index is 11.3. The number of nitrogens with zero attached hydrogens (tertiary/aromatic N) is 2. The van der Waals surface area contributed by atoms with Crippen LogP contribution in [-0.4, -0.2) is 35.9 Å². The molecule has 0 spiro atoms. The van der Waals surface area contributed by atoms with Crippen LogP contribution in [0.5, 0.6) is 0 Å². The third-order valence-corrected chi connectivity index (χ3v) is 3.94. The van der Waals surface area contributed by atoms with Gasteiger partial charge in [-0.1, -0.05) is 0 Å². The molecule has 1 N–H and O–H groups in total. The SMILES string of the molecule is O=S1(=O)CCc2nc(CCO)ncc2C1. The molecule has 0 saturated heterocycles. The van der Waals surface area contributed by atoms with Crippen LogP contribution in [0.2, 0.25) is 0 Å². The van der Waals surface area contributed by atoms with Crippen molar-refractivity contribution in [1.82, 2.24) is 9.97 Å². The van der Waals surface area contributed by atoms with E-state index in [1.54, 1.807) is 6.20 Å². The van der Waals surface area contributed by atoms with Crippen LogP contribution in [-0.2, 0) is 28.4 Å². The smallest absolute Gasteiger partial charge is 0.154 e. The monoisotopic (exact) mass is 228 g/mol. The summed E-state index contributed by atoms with van der Waals surface area (Å²) >= 11 is 0. The molecular weight excluding hydrogens is 216 g/mol. The standard InChI is InChI=1S/C9H12N2O3S/c12-3-1-9-10-5-7-6-15(13,14)4-2-8(7)11-9/h5,12H,1-4,6H2. The molecule has 0 fully saturated rings. The van der Waals surface area contributed by atoms with E-state index < -0.39 is 9.84 Å². The lowest BCUT2D eigenvalue weighted by Crippen LogP contribution is -2.21. The van der Waals surface area contributed by atoms with Gasteiger partial charge in [-0.15, -0.1) is 0 Å².